The monoisotopic (exact) mass is 572 g/mol. The first kappa shape index (κ1) is 29.6. The molecule has 12 nitrogen and oxygen atoms in total. The normalized spacial score (nSPS) is 19.9. The number of ether oxygens (including phenoxy) is 2. The van der Waals surface area contributed by atoms with E-state index in [2.05, 4.69) is 15.3 Å². The number of rotatable bonds is 8. The minimum atomic E-state index is -3.91. The third kappa shape index (κ3) is 7.42. The molecule has 3 heterocycles. The van der Waals surface area contributed by atoms with Gasteiger partial charge in [-0.05, 0) is 31.5 Å². The van der Waals surface area contributed by atoms with E-state index in [1.54, 1.807) is 34.8 Å². The molecule has 0 aliphatic carbocycles. The minimum absolute atomic E-state index is 0.0151. The first-order chi connectivity index (χ1) is 19.2. The van der Waals surface area contributed by atoms with Crippen molar-refractivity contribution in [1.82, 2.24) is 29.2 Å². The number of hydrogen-bond acceptors (Lipinski definition) is 9. The van der Waals surface area contributed by atoms with E-state index in [0.29, 0.717) is 37.4 Å². The van der Waals surface area contributed by atoms with E-state index in [9.17, 15) is 18.3 Å². The smallest absolute Gasteiger partial charge is 0.244 e. The van der Waals surface area contributed by atoms with Crippen LogP contribution in [0.1, 0.15) is 32.4 Å². The molecule has 3 aromatic rings. The zero-order chi connectivity index (χ0) is 28.7. The lowest BCUT2D eigenvalue weighted by Crippen LogP contribution is -2.47. The summed E-state index contributed by atoms with van der Waals surface area (Å²) in [6, 6.07) is 11.7. The fourth-order valence-electron chi connectivity index (χ4n) is 4.41. The molecule has 216 valence electrons. The van der Waals surface area contributed by atoms with Crippen molar-refractivity contribution in [3.05, 3.63) is 60.6 Å². The van der Waals surface area contributed by atoms with Gasteiger partial charge in [0, 0.05) is 45.1 Å². The molecule has 0 radical (unpaired) electrons. The molecule has 0 unspecified atom stereocenters. The maximum atomic E-state index is 13.4. The van der Waals surface area contributed by atoms with E-state index in [0.717, 1.165) is 0 Å². The summed E-state index contributed by atoms with van der Waals surface area (Å²) >= 11 is 0. The first-order valence-electron chi connectivity index (χ1n) is 13.2. The lowest BCUT2D eigenvalue weighted by atomic mass is 10.0. The molecule has 2 aromatic heterocycles. The lowest BCUT2D eigenvalue weighted by molar-refractivity contribution is -0.136. The van der Waals surface area contributed by atoms with Gasteiger partial charge < -0.3 is 19.5 Å². The average Bonchev–Trinajstić information content (AvgIpc) is 3.41. The van der Waals surface area contributed by atoms with Crippen LogP contribution >= 0.6 is 0 Å². The van der Waals surface area contributed by atoms with Gasteiger partial charge in [-0.2, -0.15) is 4.31 Å². The number of nitrogens with zero attached hydrogens (tertiary/aromatic N) is 6. The molecule has 40 heavy (non-hydrogen) atoms. The number of aromatic nitrogens is 4. The summed E-state index contributed by atoms with van der Waals surface area (Å²) in [7, 11) is -2.43. The number of carbonyl (C=O) groups excluding carboxylic acids is 1. The van der Waals surface area contributed by atoms with Crippen LogP contribution in [0.4, 0.5) is 0 Å². The van der Waals surface area contributed by atoms with E-state index >= 15 is 0 Å². The second-order valence-corrected chi connectivity index (χ2v) is 12.1. The van der Waals surface area contributed by atoms with Crippen LogP contribution in [0.5, 0.6) is 11.6 Å². The van der Waals surface area contributed by atoms with Gasteiger partial charge in [0.2, 0.25) is 21.8 Å². The van der Waals surface area contributed by atoms with Gasteiger partial charge in [0.25, 0.3) is 0 Å². The fourth-order valence-corrected chi connectivity index (χ4v) is 5.54. The van der Waals surface area contributed by atoms with Crippen LogP contribution in [0, 0.1) is 5.92 Å². The number of sulfonamides is 1. The van der Waals surface area contributed by atoms with E-state index in [-0.39, 0.29) is 48.4 Å². The summed E-state index contributed by atoms with van der Waals surface area (Å²) in [6.07, 6.45) is 3.33. The zero-order valence-corrected chi connectivity index (χ0v) is 23.8. The van der Waals surface area contributed by atoms with Gasteiger partial charge in [-0.3, -0.25) is 9.48 Å². The van der Waals surface area contributed by atoms with Gasteiger partial charge in [0.05, 0.1) is 37.8 Å². The topological polar surface area (TPSA) is 140 Å². The van der Waals surface area contributed by atoms with Gasteiger partial charge in [-0.15, -0.1) is 5.10 Å². The number of aliphatic hydroxyl groups is 1. The van der Waals surface area contributed by atoms with Crippen molar-refractivity contribution in [1.29, 1.82) is 0 Å². The highest BCUT2D eigenvalue weighted by Crippen LogP contribution is 2.23. The van der Waals surface area contributed by atoms with Crippen molar-refractivity contribution < 1.29 is 27.8 Å². The van der Waals surface area contributed by atoms with Crippen LogP contribution in [0.25, 0.3) is 0 Å². The molecule has 4 rings (SSSR count). The minimum Gasteiger partial charge on any atom is -0.439 e. The van der Waals surface area contributed by atoms with Crippen molar-refractivity contribution in [2.75, 3.05) is 26.7 Å². The number of hydrogen-bond donors (Lipinski definition) is 1. The molecular weight excluding hydrogens is 536 g/mol. The number of pyridine rings is 1. The number of benzene rings is 1. The molecule has 13 heteroatoms. The standard InChI is InChI=1S/C27H36N6O6S/c1-20-15-33(21(2)18-34)27(35)10-7-13-32-16-22(29-30-32)19-38-25(20)17-31(3)40(36,37)24-11-12-26(28-14-24)39-23-8-5-4-6-9-23/h4-6,8-9,11-12,14,16,20-21,25,34H,7,10,13,15,17-19H2,1-3H3/t20-,21+,25+/m0/s1. The Kier molecular flexibility index (Phi) is 9.85. The van der Waals surface area contributed by atoms with E-state index in [1.807, 2.05) is 25.1 Å². The fraction of sp³-hybridized carbons (Fsp3) is 0.481. The Hall–Kier alpha value is -3.39. The predicted molar refractivity (Wildman–Crippen MR) is 146 cm³/mol. The van der Waals surface area contributed by atoms with Gasteiger partial charge in [0.1, 0.15) is 16.3 Å². The second-order valence-electron chi connectivity index (χ2n) is 10.0. The summed E-state index contributed by atoms with van der Waals surface area (Å²) in [4.78, 5) is 18.9. The van der Waals surface area contributed by atoms with Crippen molar-refractivity contribution in [3.8, 4) is 11.6 Å². The second kappa shape index (κ2) is 13.3. The molecule has 1 amide bonds. The summed E-state index contributed by atoms with van der Waals surface area (Å²) in [6.45, 7) is 4.51. The highest BCUT2D eigenvalue weighted by Gasteiger charge is 2.31. The van der Waals surface area contributed by atoms with Crippen LogP contribution in [0.2, 0.25) is 0 Å². The summed E-state index contributed by atoms with van der Waals surface area (Å²) in [5.41, 5.74) is 0.618. The Bertz CT molecular complexity index is 1350. The summed E-state index contributed by atoms with van der Waals surface area (Å²) < 4.78 is 41.6. The van der Waals surface area contributed by atoms with Gasteiger partial charge >= 0.3 is 0 Å². The van der Waals surface area contributed by atoms with Crippen LogP contribution in [-0.2, 0) is 32.7 Å². The number of carbonyl (C=O) groups is 1. The van der Waals surface area contributed by atoms with Crippen molar-refractivity contribution >= 4 is 15.9 Å². The molecule has 0 spiro atoms. The van der Waals surface area contributed by atoms with Crippen LogP contribution < -0.4 is 4.74 Å². The molecule has 0 saturated carbocycles. The number of para-hydroxylation sites is 1. The molecule has 1 aliphatic rings. The van der Waals surface area contributed by atoms with Crippen LogP contribution in [0.15, 0.2) is 59.8 Å². The molecule has 2 bridgehead atoms. The number of fused-ring (bicyclic) bond motifs is 2. The summed E-state index contributed by atoms with van der Waals surface area (Å²) in [5, 5.41) is 18.0. The molecule has 0 fully saturated rings. The number of amides is 1. The highest BCUT2D eigenvalue weighted by atomic mass is 32.2. The van der Waals surface area contributed by atoms with Crippen molar-refractivity contribution in [2.24, 2.45) is 5.92 Å². The number of likely N-dealkylation sites (N-methyl/N-ethyl adjacent to an activating group) is 1. The van der Waals surface area contributed by atoms with Crippen LogP contribution in [-0.4, -0.2) is 87.5 Å². The molecular formula is C27H36N6O6S. The maximum absolute atomic E-state index is 13.4. The Balaban J connectivity index is 1.51. The largest absolute Gasteiger partial charge is 0.439 e. The highest BCUT2D eigenvalue weighted by molar-refractivity contribution is 7.89. The van der Waals surface area contributed by atoms with E-state index < -0.39 is 16.1 Å². The van der Waals surface area contributed by atoms with Crippen molar-refractivity contribution in [3.63, 3.8) is 0 Å². The quantitative estimate of drug-likeness (QED) is 0.431. The molecule has 3 atom stereocenters. The SMILES string of the molecule is C[C@H](CO)N1C[C@H](C)[C@@H](CN(C)S(=O)(=O)c2ccc(Oc3ccccc3)nc2)OCc2cn(nn2)CCCC1=O. The Morgan fingerprint density at radius 2 is 2.00 bits per heavy atom. The molecule has 1 N–H and O–H groups in total. The Labute approximate surface area is 234 Å². The molecule has 1 aliphatic heterocycles. The van der Waals surface area contributed by atoms with E-state index in [1.165, 1.54) is 29.7 Å². The zero-order valence-electron chi connectivity index (χ0n) is 23.0. The Morgan fingerprint density at radius 1 is 1.23 bits per heavy atom. The van der Waals surface area contributed by atoms with Gasteiger partial charge in [-0.25, -0.2) is 13.4 Å². The molecule has 0 saturated heterocycles. The van der Waals surface area contributed by atoms with Gasteiger partial charge in [-0.1, -0.05) is 30.3 Å². The maximum Gasteiger partial charge on any atom is 0.244 e. The van der Waals surface area contributed by atoms with Crippen LogP contribution in [0.3, 0.4) is 0 Å². The average molecular weight is 573 g/mol. The summed E-state index contributed by atoms with van der Waals surface area (Å²) in [5.74, 6) is 0.522. The third-order valence-electron chi connectivity index (χ3n) is 6.87. The lowest BCUT2D eigenvalue weighted by Gasteiger charge is -2.35. The third-order valence-corrected chi connectivity index (χ3v) is 8.67. The van der Waals surface area contributed by atoms with Crippen molar-refractivity contribution in [2.45, 2.75) is 56.9 Å². The predicted octanol–water partition coefficient (Wildman–Crippen LogP) is 2.31. The van der Waals surface area contributed by atoms with E-state index in [4.69, 9.17) is 9.47 Å². The first-order valence-corrected chi connectivity index (χ1v) is 14.7. The number of aliphatic hydroxyl groups excluding tert-OH is 1. The molecule has 1 aromatic carbocycles. The van der Waals surface area contributed by atoms with Gasteiger partial charge in [0.15, 0.2) is 0 Å². The Morgan fingerprint density at radius 3 is 2.70 bits per heavy atom. The number of aryl methyl sites for hydroxylation is 1.